The summed E-state index contributed by atoms with van der Waals surface area (Å²) < 4.78 is 1.29. The fourth-order valence-corrected chi connectivity index (χ4v) is 2.87. The molecule has 1 unspecified atom stereocenters. The zero-order valence-electron chi connectivity index (χ0n) is 11.1. The van der Waals surface area contributed by atoms with Crippen LogP contribution >= 0.6 is 0 Å². The van der Waals surface area contributed by atoms with Crippen molar-refractivity contribution < 1.29 is 0 Å². The lowest BCUT2D eigenvalue weighted by molar-refractivity contribution is 0.328. The van der Waals surface area contributed by atoms with Crippen LogP contribution in [0.2, 0.25) is 0 Å². The van der Waals surface area contributed by atoms with E-state index in [4.69, 9.17) is 0 Å². The third-order valence-electron chi connectivity index (χ3n) is 4.01. The van der Waals surface area contributed by atoms with Gasteiger partial charge in [-0.15, -0.1) is 5.10 Å². The second kappa shape index (κ2) is 5.03. The van der Waals surface area contributed by atoms with Crippen molar-refractivity contribution in [3.63, 3.8) is 0 Å². The van der Waals surface area contributed by atoms with Crippen LogP contribution in [0.3, 0.4) is 0 Å². The summed E-state index contributed by atoms with van der Waals surface area (Å²) in [6.07, 6.45) is 6.57. The molecule has 0 saturated heterocycles. The van der Waals surface area contributed by atoms with Gasteiger partial charge >= 0.3 is 5.69 Å². The van der Waals surface area contributed by atoms with Crippen molar-refractivity contribution in [1.29, 1.82) is 0 Å². The van der Waals surface area contributed by atoms with Crippen molar-refractivity contribution in [3.8, 4) is 0 Å². The van der Waals surface area contributed by atoms with Crippen LogP contribution in [0.25, 0.3) is 5.65 Å². The Bertz CT molecular complexity index is 611. The maximum Gasteiger partial charge on any atom is 0.364 e. The molecule has 6 heteroatoms. The minimum Gasteiger partial charge on any atom is -0.366 e. The van der Waals surface area contributed by atoms with Crippen LogP contribution in [0.1, 0.15) is 39.0 Å². The summed E-state index contributed by atoms with van der Waals surface area (Å²) in [4.78, 5) is 11.5. The van der Waals surface area contributed by atoms with E-state index in [1.54, 1.807) is 6.07 Å². The van der Waals surface area contributed by atoms with Gasteiger partial charge in [-0.05, 0) is 37.8 Å². The van der Waals surface area contributed by atoms with Gasteiger partial charge < -0.3 is 5.32 Å². The molecular weight excluding hydrogens is 242 g/mol. The first-order valence-electron chi connectivity index (χ1n) is 6.95. The summed E-state index contributed by atoms with van der Waals surface area (Å²) in [6.45, 7) is 2.19. The van der Waals surface area contributed by atoms with Crippen LogP contribution < -0.4 is 11.0 Å². The highest BCUT2D eigenvalue weighted by Gasteiger charge is 2.20. The smallest absolute Gasteiger partial charge is 0.364 e. The molecule has 6 nitrogen and oxygen atoms in total. The largest absolute Gasteiger partial charge is 0.366 e. The van der Waals surface area contributed by atoms with Gasteiger partial charge in [-0.3, -0.25) is 0 Å². The molecule has 0 aromatic carbocycles. The number of H-pyrrole nitrogens is 1. The molecule has 2 N–H and O–H groups in total. The first-order valence-corrected chi connectivity index (χ1v) is 6.95. The van der Waals surface area contributed by atoms with E-state index >= 15 is 0 Å². The number of hydrogen-bond donors (Lipinski definition) is 2. The maximum absolute atomic E-state index is 11.5. The van der Waals surface area contributed by atoms with Crippen LogP contribution in [0.5, 0.6) is 0 Å². The molecule has 2 aromatic rings. The van der Waals surface area contributed by atoms with Crippen LogP contribution in [0.4, 0.5) is 5.82 Å². The summed E-state index contributed by atoms with van der Waals surface area (Å²) in [7, 11) is 0. The van der Waals surface area contributed by atoms with Crippen molar-refractivity contribution in [3.05, 3.63) is 22.6 Å². The van der Waals surface area contributed by atoms with E-state index in [9.17, 15) is 4.79 Å². The SMILES string of the molecule is CC(Nc1ccc2n[nH]c(=O)n2n1)C1CCCCC1. The van der Waals surface area contributed by atoms with Crippen molar-refractivity contribution in [1.82, 2.24) is 19.8 Å². The number of anilines is 1. The molecule has 102 valence electrons. The van der Waals surface area contributed by atoms with Crippen LogP contribution in [-0.2, 0) is 0 Å². The second-order valence-electron chi connectivity index (χ2n) is 5.35. The van der Waals surface area contributed by atoms with Gasteiger partial charge in [-0.1, -0.05) is 19.3 Å². The average Bonchev–Trinajstić information content (AvgIpc) is 2.81. The molecule has 19 heavy (non-hydrogen) atoms. The van der Waals surface area contributed by atoms with E-state index in [1.807, 2.05) is 6.07 Å². The lowest BCUT2D eigenvalue weighted by atomic mass is 9.84. The first kappa shape index (κ1) is 12.2. The Morgan fingerprint density at radius 2 is 2.16 bits per heavy atom. The molecule has 0 aliphatic heterocycles. The van der Waals surface area contributed by atoms with Gasteiger partial charge in [0, 0.05) is 6.04 Å². The molecule has 0 spiro atoms. The maximum atomic E-state index is 11.5. The van der Waals surface area contributed by atoms with E-state index < -0.39 is 0 Å². The number of aromatic nitrogens is 4. The van der Waals surface area contributed by atoms with Crippen molar-refractivity contribution >= 4 is 11.5 Å². The molecule has 2 aromatic heterocycles. The Balaban J connectivity index is 1.76. The van der Waals surface area contributed by atoms with Crippen LogP contribution in [0.15, 0.2) is 16.9 Å². The van der Waals surface area contributed by atoms with E-state index in [0.29, 0.717) is 17.6 Å². The zero-order chi connectivity index (χ0) is 13.2. The molecule has 3 rings (SSSR count). The summed E-state index contributed by atoms with van der Waals surface area (Å²) in [5.74, 6) is 1.43. The number of aromatic amines is 1. The van der Waals surface area contributed by atoms with E-state index in [2.05, 4.69) is 27.5 Å². The third kappa shape index (κ3) is 2.47. The molecule has 2 heterocycles. The highest BCUT2D eigenvalue weighted by molar-refractivity contribution is 5.43. The molecule has 0 radical (unpaired) electrons. The summed E-state index contributed by atoms with van der Waals surface area (Å²) in [6, 6.07) is 4.04. The molecule has 0 amide bonds. The van der Waals surface area contributed by atoms with Gasteiger partial charge in [0.25, 0.3) is 0 Å². The Kier molecular flexibility index (Phi) is 3.23. The van der Waals surface area contributed by atoms with E-state index in [-0.39, 0.29) is 5.69 Å². The molecule has 1 atom stereocenters. The van der Waals surface area contributed by atoms with Gasteiger partial charge in [-0.2, -0.15) is 9.61 Å². The molecule has 0 bridgehead atoms. The lowest BCUT2D eigenvalue weighted by Gasteiger charge is -2.28. The van der Waals surface area contributed by atoms with Gasteiger partial charge in [0.1, 0.15) is 5.82 Å². The quantitative estimate of drug-likeness (QED) is 0.883. The number of fused-ring (bicyclic) bond motifs is 1. The van der Waals surface area contributed by atoms with Crippen molar-refractivity contribution in [2.45, 2.75) is 45.1 Å². The molecular formula is C13H19N5O. The van der Waals surface area contributed by atoms with Gasteiger partial charge in [0.05, 0.1) is 0 Å². The topological polar surface area (TPSA) is 75.1 Å². The van der Waals surface area contributed by atoms with E-state index in [0.717, 1.165) is 5.82 Å². The van der Waals surface area contributed by atoms with Crippen LogP contribution in [0, 0.1) is 5.92 Å². The lowest BCUT2D eigenvalue weighted by Crippen LogP contribution is -2.28. The van der Waals surface area contributed by atoms with Crippen molar-refractivity contribution in [2.24, 2.45) is 5.92 Å². The Labute approximate surface area is 111 Å². The molecule has 1 aliphatic carbocycles. The molecule has 1 fully saturated rings. The normalized spacial score (nSPS) is 18.6. The van der Waals surface area contributed by atoms with E-state index in [1.165, 1.54) is 36.6 Å². The van der Waals surface area contributed by atoms with Gasteiger partial charge in [0.2, 0.25) is 0 Å². The highest BCUT2D eigenvalue weighted by Crippen LogP contribution is 2.27. The van der Waals surface area contributed by atoms with Gasteiger partial charge in [0.15, 0.2) is 5.65 Å². The van der Waals surface area contributed by atoms with Gasteiger partial charge in [-0.25, -0.2) is 9.89 Å². The number of hydrogen-bond acceptors (Lipinski definition) is 4. The zero-order valence-corrected chi connectivity index (χ0v) is 11.1. The minimum atomic E-state index is -0.302. The Morgan fingerprint density at radius 3 is 2.95 bits per heavy atom. The summed E-state index contributed by atoms with van der Waals surface area (Å²) >= 11 is 0. The first-order chi connectivity index (χ1) is 9.24. The molecule has 1 saturated carbocycles. The Morgan fingerprint density at radius 1 is 1.37 bits per heavy atom. The fraction of sp³-hybridized carbons (Fsp3) is 0.615. The minimum absolute atomic E-state index is 0.302. The number of rotatable bonds is 3. The monoisotopic (exact) mass is 261 g/mol. The fourth-order valence-electron chi connectivity index (χ4n) is 2.87. The summed E-state index contributed by atoms with van der Waals surface area (Å²) in [5.41, 5.74) is 0.241. The highest BCUT2D eigenvalue weighted by atomic mass is 16.2. The number of nitrogens with zero attached hydrogens (tertiary/aromatic N) is 3. The second-order valence-corrected chi connectivity index (χ2v) is 5.35. The average molecular weight is 261 g/mol. The predicted octanol–water partition coefficient (Wildman–Crippen LogP) is 1.80. The number of nitrogens with one attached hydrogen (secondary N) is 2. The standard InChI is InChI=1S/C13H19N5O/c1-9(10-5-3-2-4-6-10)14-11-7-8-12-15-16-13(19)18(12)17-11/h7-10H,2-6H2,1H3,(H,14,17)(H,16,19). The third-order valence-corrected chi connectivity index (χ3v) is 4.01. The molecule has 1 aliphatic rings. The Hall–Kier alpha value is -1.85. The van der Waals surface area contributed by atoms with Crippen molar-refractivity contribution in [2.75, 3.05) is 5.32 Å². The predicted molar refractivity (Wildman–Crippen MR) is 73.3 cm³/mol. The summed E-state index contributed by atoms with van der Waals surface area (Å²) in [5, 5.41) is 13.9. The van der Waals surface area contributed by atoms with Crippen LogP contribution in [-0.4, -0.2) is 25.9 Å².